The standard InChI is InChI=1S/C31H27FN8O3/c1-4-30(41)40-15-20(16-40)38-28-11-23-27(12-29(28)42-3)36-17-37-31(23)39-25-6-5-21(9-24(25)32)43-22-7-8-33-26(10-22)19-13-34-18(2)35-14-19/h4-14,17,20,38H,1,15-16H2,2-3H3,(H,36,37,39). The molecule has 0 radical (unpaired) electrons. The zero-order chi connectivity index (χ0) is 29.9. The molecule has 1 aliphatic rings. The molecule has 1 fully saturated rings. The summed E-state index contributed by atoms with van der Waals surface area (Å²) < 4.78 is 26.8. The Hall–Kier alpha value is -5.65. The summed E-state index contributed by atoms with van der Waals surface area (Å²) in [4.78, 5) is 35.0. The van der Waals surface area contributed by atoms with Crippen LogP contribution in [0.15, 0.2) is 80.0 Å². The molecule has 2 aromatic carbocycles. The van der Waals surface area contributed by atoms with Crippen LogP contribution in [0.3, 0.4) is 0 Å². The van der Waals surface area contributed by atoms with Crippen molar-refractivity contribution >= 4 is 34.0 Å². The molecular weight excluding hydrogens is 551 g/mol. The Morgan fingerprint density at radius 3 is 2.56 bits per heavy atom. The Labute approximate surface area is 246 Å². The van der Waals surface area contributed by atoms with E-state index < -0.39 is 5.82 Å². The summed E-state index contributed by atoms with van der Waals surface area (Å²) in [6, 6.07) is 11.6. The highest BCUT2D eigenvalue weighted by Gasteiger charge is 2.30. The number of ether oxygens (including phenoxy) is 2. The van der Waals surface area contributed by atoms with Crippen LogP contribution in [-0.4, -0.2) is 62.0 Å². The zero-order valence-corrected chi connectivity index (χ0v) is 23.4. The summed E-state index contributed by atoms with van der Waals surface area (Å²) in [5.74, 6) is 1.84. The Balaban J connectivity index is 1.20. The van der Waals surface area contributed by atoms with Gasteiger partial charge in [0.2, 0.25) is 5.91 Å². The van der Waals surface area contributed by atoms with Gasteiger partial charge >= 0.3 is 0 Å². The molecule has 11 nitrogen and oxygen atoms in total. The largest absolute Gasteiger partial charge is 0.495 e. The minimum atomic E-state index is -0.529. The monoisotopic (exact) mass is 578 g/mol. The molecule has 43 heavy (non-hydrogen) atoms. The highest BCUT2D eigenvalue weighted by Crippen LogP contribution is 2.35. The highest BCUT2D eigenvalue weighted by atomic mass is 19.1. The van der Waals surface area contributed by atoms with Gasteiger partial charge in [0.15, 0.2) is 0 Å². The summed E-state index contributed by atoms with van der Waals surface area (Å²) in [5, 5.41) is 7.15. The molecule has 1 aliphatic heterocycles. The molecular formula is C31H27FN8O3. The van der Waals surface area contributed by atoms with Crippen LogP contribution in [0.5, 0.6) is 17.2 Å². The number of nitrogens with one attached hydrogen (secondary N) is 2. The predicted octanol–water partition coefficient (Wildman–Crippen LogP) is 5.28. The van der Waals surface area contributed by atoms with Crippen LogP contribution in [0.2, 0.25) is 0 Å². The van der Waals surface area contributed by atoms with Gasteiger partial charge in [0.1, 0.15) is 41.0 Å². The van der Waals surface area contributed by atoms with E-state index in [9.17, 15) is 4.79 Å². The van der Waals surface area contributed by atoms with Crippen LogP contribution < -0.4 is 20.1 Å². The summed E-state index contributed by atoms with van der Waals surface area (Å²) in [5.41, 5.74) is 2.92. The summed E-state index contributed by atoms with van der Waals surface area (Å²) in [7, 11) is 1.57. The van der Waals surface area contributed by atoms with E-state index in [1.54, 1.807) is 60.9 Å². The number of hydrogen-bond donors (Lipinski definition) is 2. The van der Waals surface area contributed by atoms with E-state index >= 15 is 4.39 Å². The van der Waals surface area contributed by atoms with E-state index in [2.05, 4.69) is 42.1 Å². The predicted molar refractivity (Wildman–Crippen MR) is 160 cm³/mol. The van der Waals surface area contributed by atoms with Gasteiger partial charge in [0.25, 0.3) is 0 Å². The number of hydrogen-bond acceptors (Lipinski definition) is 10. The van der Waals surface area contributed by atoms with Crippen LogP contribution in [-0.2, 0) is 4.79 Å². The Morgan fingerprint density at radius 2 is 1.81 bits per heavy atom. The first kappa shape index (κ1) is 27.5. The molecule has 12 heteroatoms. The number of nitrogens with zero attached hydrogens (tertiary/aromatic N) is 6. The fraction of sp³-hybridized carbons (Fsp3) is 0.161. The third-order valence-corrected chi connectivity index (χ3v) is 6.92. The molecule has 4 heterocycles. The fourth-order valence-electron chi connectivity index (χ4n) is 4.65. The number of amides is 1. The minimum Gasteiger partial charge on any atom is -0.495 e. The third-order valence-electron chi connectivity index (χ3n) is 6.92. The SMILES string of the molecule is C=CC(=O)N1CC(Nc2cc3c(Nc4ccc(Oc5ccnc(-c6cnc(C)nc6)c5)cc4F)ncnc3cc2OC)C1. The van der Waals surface area contributed by atoms with Crippen molar-refractivity contribution in [3.63, 3.8) is 0 Å². The Bertz CT molecular complexity index is 1830. The maximum atomic E-state index is 15.3. The van der Waals surface area contributed by atoms with Crippen molar-refractivity contribution in [3.05, 3.63) is 91.7 Å². The van der Waals surface area contributed by atoms with Gasteiger partial charge < -0.3 is 25.0 Å². The zero-order valence-electron chi connectivity index (χ0n) is 23.4. The third kappa shape index (κ3) is 5.89. The lowest BCUT2D eigenvalue weighted by Gasteiger charge is -2.39. The number of aryl methyl sites for hydroxylation is 1. The van der Waals surface area contributed by atoms with Gasteiger partial charge in [-0.05, 0) is 37.3 Å². The number of anilines is 3. The second kappa shape index (κ2) is 11.7. The van der Waals surface area contributed by atoms with Crippen LogP contribution in [0.25, 0.3) is 22.2 Å². The van der Waals surface area contributed by atoms with E-state index in [1.807, 2.05) is 13.0 Å². The number of fused-ring (bicyclic) bond motifs is 1. The minimum absolute atomic E-state index is 0.0444. The summed E-state index contributed by atoms with van der Waals surface area (Å²) in [6.07, 6.45) is 7.69. The van der Waals surface area contributed by atoms with Crippen molar-refractivity contribution in [2.75, 3.05) is 30.8 Å². The number of rotatable bonds is 9. The van der Waals surface area contributed by atoms with Crippen molar-refractivity contribution in [2.24, 2.45) is 0 Å². The van der Waals surface area contributed by atoms with Crippen LogP contribution in [0.1, 0.15) is 5.82 Å². The van der Waals surface area contributed by atoms with E-state index in [1.165, 1.54) is 18.5 Å². The fourth-order valence-corrected chi connectivity index (χ4v) is 4.65. The molecule has 6 rings (SSSR count). The van der Waals surface area contributed by atoms with E-state index in [4.69, 9.17) is 9.47 Å². The maximum absolute atomic E-state index is 15.3. The smallest absolute Gasteiger partial charge is 0.246 e. The first-order chi connectivity index (χ1) is 20.9. The molecule has 0 spiro atoms. The van der Waals surface area contributed by atoms with Crippen molar-refractivity contribution in [1.29, 1.82) is 0 Å². The number of likely N-dealkylation sites (tertiary alicyclic amines) is 1. The van der Waals surface area contributed by atoms with Crippen molar-refractivity contribution in [1.82, 2.24) is 29.8 Å². The molecule has 2 N–H and O–H groups in total. The lowest BCUT2D eigenvalue weighted by atomic mass is 10.1. The number of aromatic nitrogens is 5. The molecule has 1 amide bonds. The molecule has 5 aromatic rings. The van der Waals surface area contributed by atoms with Gasteiger partial charge in [-0.15, -0.1) is 0 Å². The number of halogens is 1. The van der Waals surface area contributed by atoms with Crippen LogP contribution >= 0.6 is 0 Å². The quantitative estimate of drug-likeness (QED) is 0.223. The second-order valence-electron chi connectivity index (χ2n) is 9.84. The van der Waals surface area contributed by atoms with Gasteiger partial charge in [0.05, 0.1) is 35.7 Å². The topological polar surface area (TPSA) is 127 Å². The molecule has 3 aromatic heterocycles. The lowest BCUT2D eigenvalue weighted by Crippen LogP contribution is -2.56. The van der Waals surface area contributed by atoms with Gasteiger partial charge in [-0.3, -0.25) is 9.78 Å². The number of methoxy groups -OCH3 is 1. The van der Waals surface area contributed by atoms with Gasteiger partial charge in [-0.25, -0.2) is 24.3 Å². The number of pyridine rings is 1. The van der Waals surface area contributed by atoms with Crippen molar-refractivity contribution < 1.29 is 18.7 Å². The van der Waals surface area contributed by atoms with Crippen LogP contribution in [0, 0.1) is 12.7 Å². The molecule has 0 saturated carbocycles. The summed E-state index contributed by atoms with van der Waals surface area (Å²) >= 11 is 0. The van der Waals surface area contributed by atoms with E-state index in [0.717, 1.165) is 5.56 Å². The van der Waals surface area contributed by atoms with Gasteiger partial charge in [-0.2, -0.15) is 0 Å². The van der Waals surface area contributed by atoms with Crippen molar-refractivity contribution in [3.8, 4) is 28.5 Å². The number of benzene rings is 2. The van der Waals surface area contributed by atoms with Crippen molar-refractivity contribution in [2.45, 2.75) is 13.0 Å². The molecule has 1 saturated heterocycles. The molecule has 0 atom stereocenters. The Morgan fingerprint density at radius 1 is 1.02 bits per heavy atom. The molecule has 0 aliphatic carbocycles. The van der Waals surface area contributed by atoms with Gasteiger partial charge in [0, 0.05) is 60.8 Å². The van der Waals surface area contributed by atoms with Crippen LogP contribution in [0.4, 0.5) is 21.6 Å². The second-order valence-corrected chi connectivity index (χ2v) is 9.84. The molecule has 216 valence electrons. The molecule has 0 bridgehead atoms. The van der Waals surface area contributed by atoms with E-state index in [0.29, 0.717) is 64.3 Å². The summed E-state index contributed by atoms with van der Waals surface area (Å²) in [6.45, 7) is 6.43. The molecule has 0 unspecified atom stereocenters. The van der Waals surface area contributed by atoms with Gasteiger partial charge in [-0.1, -0.05) is 6.58 Å². The normalized spacial score (nSPS) is 12.9. The average molecular weight is 579 g/mol. The Kier molecular flexibility index (Phi) is 7.48. The lowest BCUT2D eigenvalue weighted by molar-refractivity contribution is -0.129. The first-order valence-electron chi connectivity index (χ1n) is 13.4. The maximum Gasteiger partial charge on any atom is 0.246 e. The number of carbonyl (C=O) groups excluding carboxylic acids is 1. The highest BCUT2D eigenvalue weighted by molar-refractivity contribution is 5.95. The van der Waals surface area contributed by atoms with E-state index in [-0.39, 0.29) is 17.6 Å². The average Bonchev–Trinajstić information content (AvgIpc) is 3.00. The first-order valence-corrected chi connectivity index (χ1v) is 13.4. The number of carbonyl (C=O) groups is 1.